The van der Waals surface area contributed by atoms with Gasteiger partial charge in [0.15, 0.2) is 11.0 Å². The second-order valence-corrected chi connectivity index (χ2v) is 14.2. The highest BCUT2D eigenvalue weighted by atomic mass is 32.2. The Kier molecular flexibility index (Phi) is 8.37. The van der Waals surface area contributed by atoms with Crippen LogP contribution in [0, 0.1) is 5.92 Å². The Morgan fingerprint density at radius 2 is 1.80 bits per heavy atom. The van der Waals surface area contributed by atoms with Crippen molar-refractivity contribution in [3.63, 3.8) is 0 Å². The van der Waals surface area contributed by atoms with Gasteiger partial charge in [-0.3, -0.25) is 0 Å². The molecule has 0 radical (unpaired) electrons. The van der Waals surface area contributed by atoms with Crippen LogP contribution in [0.3, 0.4) is 0 Å². The minimum Gasteiger partial charge on any atom is -0.475 e. The van der Waals surface area contributed by atoms with Crippen molar-refractivity contribution in [3.05, 3.63) is 30.3 Å². The Hall–Kier alpha value is -3.76. The Bertz CT molecular complexity index is 1930. The number of carboxylic acids is 1. The van der Waals surface area contributed by atoms with Crippen LogP contribution in [0.25, 0.3) is 32.7 Å². The van der Waals surface area contributed by atoms with E-state index >= 15 is 0 Å². The summed E-state index contributed by atoms with van der Waals surface area (Å²) in [5.74, 6) is -2.63. The number of nitrogens with two attached hydrogens (primary N) is 2. The van der Waals surface area contributed by atoms with Crippen molar-refractivity contribution < 1.29 is 39.9 Å². The van der Waals surface area contributed by atoms with Gasteiger partial charge in [0, 0.05) is 18.2 Å². The van der Waals surface area contributed by atoms with Crippen molar-refractivity contribution in [1.29, 1.82) is 0 Å². The van der Waals surface area contributed by atoms with Crippen molar-refractivity contribution in [2.45, 2.75) is 34.9 Å². The number of carbonyl (C=O) groups is 1. The van der Waals surface area contributed by atoms with E-state index in [1.54, 1.807) is 12.1 Å². The van der Waals surface area contributed by atoms with Gasteiger partial charge in [-0.2, -0.15) is 13.2 Å². The van der Waals surface area contributed by atoms with Gasteiger partial charge in [0.1, 0.15) is 9.79 Å². The maximum absolute atomic E-state index is 13.7. The van der Waals surface area contributed by atoms with Crippen molar-refractivity contribution in [3.8, 4) is 22.5 Å². The molecule has 4 aromatic rings. The summed E-state index contributed by atoms with van der Waals surface area (Å²) in [7, 11) is -8.89. The lowest BCUT2D eigenvalue weighted by molar-refractivity contribution is -0.192. The second kappa shape index (κ2) is 11.6. The zero-order valence-corrected chi connectivity index (χ0v) is 24.8. The fraction of sp³-hybridized carbons (Fsp3) is 0.348. The molecule has 0 saturated carbocycles. The number of para-hydroxylation sites is 1. The fourth-order valence-corrected chi connectivity index (χ4v) is 8.99. The maximum atomic E-state index is 13.7. The predicted molar refractivity (Wildman–Crippen MR) is 151 cm³/mol. The number of anilines is 1. The molecule has 15 nitrogen and oxygen atoms in total. The molecule has 3 aliphatic rings. The number of sulfonamides is 2. The molecule has 236 valence electrons. The van der Waals surface area contributed by atoms with Gasteiger partial charge < -0.3 is 15.7 Å². The van der Waals surface area contributed by atoms with Crippen LogP contribution >= 0.6 is 11.3 Å². The van der Waals surface area contributed by atoms with E-state index in [0.717, 1.165) is 30.6 Å². The third-order valence-electron chi connectivity index (χ3n) is 7.21. The van der Waals surface area contributed by atoms with E-state index in [1.165, 1.54) is 23.5 Å². The zero-order chi connectivity index (χ0) is 32.0. The zero-order valence-electron chi connectivity index (χ0n) is 22.3. The summed E-state index contributed by atoms with van der Waals surface area (Å²) >= 11 is 1.27. The minimum absolute atomic E-state index is 0.0564. The molecule has 0 spiro atoms. The number of tetrazole rings is 1. The number of aromatic amines is 1. The summed E-state index contributed by atoms with van der Waals surface area (Å²) in [5.41, 5.74) is 7.25. The molecular weight excluding hydrogens is 652 g/mol. The van der Waals surface area contributed by atoms with Crippen molar-refractivity contribution in [2.24, 2.45) is 11.1 Å². The van der Waals surface area contributed by atoms with E-state index in [0.29, 0.717) is 28.3 Å². The van der Waals surface area contributed by atoms with Crippen LogP contribution in [0.1, 0.15) is 12.8 Å². The number of rotatable bonds is 6. The summed E-state index contributed by atoms with van der Waals surface area (Å²) in [4.78, 5) is 14.4. The molecule has 7 N–H and O–H groups in total. The first-order valence-electron chi connectivity index (χ1n) is 12.7. The standard InChI is InChI=1S/C21H23N9O4S3.C2HF3O2/c22-21-24-18-13(2-1-3-15(18)35-21)12-4-5-16(19(36(23,31)32)17(12)20-25-28-29-26-20)37(33,34)27-14-10-30-8-6-11(14)7-9-30;3-2(4,5)1(6)7/h1-5,11,14,27H,6-10H2,(H2,22,24)(H2,23,31,32)(H,25,26,28,29);(H,6,7). The van der Waals surface area contributed by atoms with Gasteiger partial charge >= 0.3 is 12.1 Å². The Balaban J connectivity index is 0.000000493. The Labute approximate surface area is 251 Å². The number of H-pyrrole nitrogens is 1. The molecule has 2 bridgehead atoms. The van der Waals surface area contributed by atoms with Crippen molar-refractivity contribution in [1.82, 2.24) is 35.2 Å². The summed E-state index contributed by atoms with van der Waals surface area (Å²) in [5, 5.41) is 26.7. The van der Waals surface area contributed by atoms with Gasteiger partial charge in [0.2, 0.25) is 20.0 Å². The quantitative estimate of drug-likeness (QED) is 0.195. The van der Waals surface area contributed by atoms with Gasteiger partial charge in [0.05, 0.1) is 15.8 Å². The van der Waals surface area contributed by atoms with E-state index in [2.05, 4.69) is 35.2 Å². The molecule has 1 unspecified atom stereocenters. The van der Waals surface area contributed by atoms with Crippen LogP contribution in [0.2, 0.25) is 0 Å². The van der Waals surface area contributed by atoms with Gasteiger partial charge in [-0.1, -0.05) is 29.5 Å². The number of piperidine rings is 3. The van der Waals surface area contributed by atoms with E-state index in [1.807, 2.05) is 6.07 Å². The lowest BCUT2D eigenvalue weighted by atomic mass is 9.85. The highest BCUT2D eigenvalue weighted by molar-refractivity contribution is 7.92. The normalized spacial score (nSPS) is 20.3. The average molecular weight is 676 g/mol. The fourth-order valence-electron chi connectivity index (χ4n) is 5.33. The summed E-state index contributed by atoms with van der Waals surface area (Å²) in [6.45, 7) is 2.42. The molecule has 44 heavy (non-hydrogen) atoms. The molecule has 2 aromatic heterocycles. The first-order chi connectivity index (χ1) is 20.6. The van der Waals surface area contributed by atoms with Gasteiger partial charge in [-0.15, -0.1) is 5.10 Å². The molecule has 3 aliphatic heterocycles. The molecule has 5 heterocycles. The third kappa shape index (κ3) is 6.37. The molecule has 0 amide bonds. The molecule has 1 atom stereocenters. The number of carboxylic acid groups (broad SMARTS) is 1. The number of hydrogen-bond donors (Lipinski definition) is 5. The number of nitrogen functional groups attached to an aromatic ring is 1. The van der Waals surface area contributed by atoms with Crippen LogP contribution < -0.4 is 15.6 Å². The molecule has 3 saturated heterocycles. The monoisotopic (exact) mass is 675 g/mol. The SMILES string of the molecule is Nc1nc2c(-c3ccc(S(=O)(=O)NC4CN5CCC4CC5)c(S(N)(=O)=O)c3-c3nnn[nH]3)cccc2s1.O=C(O)C(F)(F)F. The molecular formula is C23H24F3N9O6S3. The summed E-state index contributed by atoms with van der Waals surface area (Å²) in [6.07, 6.45) is -3.33. The molecule has 7 rings (SSSR count). The average Bonchev–Trinajstić information content (AvgIpc) is 3.61. The number of aromatic nitrogens is 5. The lowest BCUT2D eigenvalue weighted by Gasteiger charge is -2.44. The van der Waals surface area contributed by atoms with Crippen molar-refractivity contribution >= 4 is 52.7 Å². The summed E-state index contributed by atoms with van der Waals surface area (Å²) in [6, 6.07) is 7.77. The molecule has 2 aromatic carbocycles. The smallest absolute Gasteiger partial charge is 0.475 e. The van der Waals surface area contributed by atoms with E-state index < -0.39 is 42.0 Å². The number of nitrogens with one attached hydrogen (secondary N) is 2. The first-order valence-corrected chi connectivity index (χ1v) is 16.5. The molecule has 3 fully saturated rings. The number of nitrogens with zero attached hydrogens (tertiary/aromatic N) is 5. The lowest BCUT2D eigenvalue weighted by Crippen LogP contribution is -2.57. The van der Waals surface area contributed by atoms with Gasteiger partial charge in [0.25, 0.3) is 0 Å². The van der Waals surface area contributed by atoms with Crippen LogP contribution in [-0.2, 0) is 24.8 Å². The highest BCUT2D eigenvalue weighted by Crippen LogP contribution is 2.42. The minimum atomic E-state index is -5.08. The number of hydrogen-bond acceptors (Lipinski definition) is 12. The number of aliphatic carboxylic acids is 1. The van der Waals surface area contributed by atoms with Crippen LogP contribution in [-0.4, -0.2) is 90.3 Å². The van der Waals surface area contributed by atoms with E-state index in [4.69, 9.17) is 20.8 Å². The molecule has 21 heteroatoms. The van der Waals surface area contributed by atoms with Crippen LogP contribution in [0.15, 0.2) is 40.1 Å². The second-order valence-electron chi connectivity index (χ2n) is 9.98. The van der Waals surface area contributed by atoms with Gasteiger partial charge in [-0.05, 0) is 60.0 Å². The number of benzene rings is 2. The van der Waals surface area contributed by atoms with Crippen molar-refractivity contribution in [2.75, 3.05) is 25.4 Å². The van der Waals surface area contributed by atoms with Crippen LogP contribution in [0.4, 0.5) is 18.3 Å². The number of halogens is 3. The highest BCUT2D eigenvalue weighted by Gasteiger charge is 2.39. The number of primary sulfonamides is 1. The van der Waals surface area contributed by atoms with Gasteiger partial charge in [-0.25, -0.2) is 41.6 Å². The third-order valence-corrected chi connectivity index (χ3v) is 10.7. The largest absolute Gasteiger partial charge is 0.490 e. The maximum Gasteiger partial charge on any atom is 0.490 e. The van der Waals surface area contributed by atoms with E-state index in [9.17, 15) is 30.0 Å². The predicted octanol–water partition coefficient (Wildman–Crippen LogP) is 1.38. The topological polar surface area (TPSA) is 240 Å². The Morgan fingerprint density at radius 3 is 2.34 bits per heavy atom. The van der Waals surface area contributed by atoms with Crippen LogP contribution in [0.5, 0.6) is 0 Å². The number of alkyl halides is 3. The Morgan fingerprint density at radius 1 is 1.11 bits per heavy atom. The first kappa shape index (κ1) is 31.7. The number of fused-ring (bicyclic) bond motifs is 4. The summed E-state index contributed by atoms with van der Waals surface area (Å²) < 4.78 is 88.7. The van der Waals surface area contributed by atoms with E-state index in [-0.39, 0.29) is 23.3 Å². The number of thiazole rings is 1. The molecule has 0 aliphatic carbocycles.